The first-order valence-corrected chi connectivity index (χ1v) is 20.8. The van der Waals surface area contributed by atoms with E-state index in [9.17, 15) is 19.5 Å². The first-order valence-electron chi connectivity index (χ1n) is 20.8. The number of hydrogen-bond acceptors (Lipinski definition) is 7. The van der Waals surface area contributed by atoms with Gasteiger partial charge in [0.05, 0.1) is 40.3 Å². The van der Waals surface area contributed by atoms with Gasteiger partial charge in [-0.2, -0.15) is 0 Å². The number of carbonyl (C=O) groups excluding carboxylic acids is 3. The molecule has 0 aromatic heterocycles. The summed E-state index contributed by atoms with van der Waals surface area (Å²) >= 11 is 0. The fourth-order valence-corrected chi connectivity index (χ4v) is 5.71. The van der Waals surface area contributed by atoms with Crippen LogP contribution in [0.1, 0.15) is 155 Å². The molecule has 0 aromatic carbocycles. The van der Waals surface area contributed by atoms with Crippen molar-refractivity contribution in [2.75, 3.05) is 41.0 Å². The molecule has 0 saturated carbocycles. The zero-order valence-electron chi connectivity index (χ0n) is 34.4. The summed E-state index contributed by atoms with van der Waals surface area (Å²) in [5.41, 5.74) is 0. The largest absolute Gasteiger partial charge is 0.544 e. The Balaban J connectivity index is 4.31. The average Bonchev–Trinajstić information content (AvgIpc) is 3.11. The molecule has 0 bridgehead atoms. The molecule has 0 aliphatic heterocycles. The van der Waals surface area contributed by atoms with Crippen molar-refractivity contribution in [1.82, 2.24) is 0 Å². The van der Waals surface area contributed by atoms with Gasteiger partial charge in [0, 0.05) is 19.3 Å². The number of nitrogens with zero attached hydrogens (tertiary/aromatic N) is 1. The molecule has 304 valence electrons. The number of carboxylic acids is 1. The number of allylic oxidation sites excluding steroid dienone is 10. The normalized spacial score (nSPS) is 13.6. The van der Waals surface area contributed by atoms with Crippen LogP contribution in [0.3, 0.4) is 0 Å². The van der Waals surface area contributed by atoms with Crippen LogP contribution < -0.4 is 5.11 Å². The fourth-order valence-electron chi connectivity index (χ4n) is 5.71. The molecule has 8 nitrogen and oxygen atoms in total. The first kappa shape index (κ1) is 50.0. The summed E-state index contributed by atoms with van der Waals surface area (Å²) in [5, 5.41) is 11.6. The van der Waals surface area contributed by atoms with Gasteiger partial charge in [-0.1, -0.05) is 126 Å². The second-order valence-electron chi connectivity index (χ2n) is 14.8. The predicted octanol–water partition coefficient (Wildman–Crippen LogP) is 9.69. The predicted molar refractivity (Wildman–Crippen MR) is 217 cm³/mol. The van der Waals surface area contributed by atoms with Crippen molar-refractivity contribution in [2.24, 2.45) is 0 Å². The number of hydrogen-bond donors (Lipinski definition) is 0. The third-order valence-corrected chi connectivity index (χ3v) is 8.90. The molecule has 0 fully saturated rings. The van der Waals surface area contributed by atoms with Crippen LogP contribution in [0.4, 0.5) is 0 Å². The van der Waals surface area contributed by atoms with Crippen molar-refractivity contribution in [1.29, 1.82) is 0 Å². The molecule has 0 N–H and O–H groups in total. The SMILES string of the molecule is CC/C=C/C/C=C/C/C=C/CCCCCCCCCCCCC(=O)OC(COCCC(C(=O)[O-])[N+](C)(C)C)COC(=O)CCCC/C=C/C/C=C/CC. The van der Waals surface area contributed by atoms with E-state index in [1.54, 1.807) is 21.1 Å². The van der Waals surface area contributed by atoms with Gasteiger partial charge in [-0.3, -0.25) is 9.59 Å². The Bertz CT molecular complexity index is 1050. The Morgan fingerprint density at radius 2 is 1.00 bits per heavy atom. The number of rotatable bonds is 36. The number of carbonyl (C=O) groups is 3. The Morgan fingerprint density at radius 1 is 0.566 bits per heavy atom. The first-order chi connectivity index (χ1) is 25.6. The van der Waals surface area contributed by atoms with E-state index in [0.717, 1.165) is 70.6 Å². The lowest BCUT2D eigenvalue weighted by molar-refractivity contribution is -0.889. The summed E-state index contributed by atoms with van der Waals surface area (Å²) in [7, 11) is 5.38. The van der Waals surface area contributed by atoms with Crippen LogP contribution in [-0.2, 0) is 28.6 Å². The van der Waals surface area contributed by atoms with Gasteiger partial charge in [-0.05, 0) is 70.6 Å². The van der Waals surface area contributed by atoms with Crippen LogP contribution in [0.15, 0.2) is 60.8 Å². The number of unbranched alkanes of at least 4 members (excludes halogenated alkanes) is 12. The highest BCUT2D eigenvalue weighted by Crippen LogP contribution is 2.14. The quantitative estimate of drug-likeness (QED) is 0.0273. The Morgan fingerprint density at radius 3 is 1.51 bits per heavy atom. The van der Waals surface area contributed by atoms with E-state index in [1.807, 2.05) is 0 Å². The van der Waals surface area contributed by atoms with Crippen LogP contribution in [0.5, 0.6) is 0 Å². The maximum absolute atomic E-state index is 12.7. The molecule has 0 heterocycles. The van der Waals surface area contributed by atoms with Crippen molar-refractivity contribution in [2.45, 2.75) is 167 Å². The molecule has 2 unspecified atom stereocenters. The van der Waals surface area contributed by atoms with Crippen LogP contribution in [0, 0.1) is 0 Å². The van der Waals surface area contributed by atoms with E-state index in [0.29, 0.717) is 12.8 Å². The summed E-state index contributed by atoms with van der Waals surface area (Å²) in [4.78, 5) is 36.7. The van der Waals surface area contributed by atoms with Crippen LogP contribution >= 0.6 is 0 Å². The van der Waals surface area contributed by atoms with E-state index in [2.05, 4.69) is 74.6 Å². The second-order valence-corrected chi connectivity index (χ2v) is 14.8. The molecule has 0 aliphatic rings. The van der Waals surface area contributed by atoms with Gasteiger partial charge in [-0.25, -0.2) is 0 Å². The van der Waals surface area contributed by atoms with E-state index in [1.165, 1.54) is 51.4 Å². The summed E-state index contributed by atoms with van der Waals surface area (Å²) < 4.78 is 17.1. The number of carboxylic acid groups (broad SMARTS) is 1. The topological polar surface area (TPSA) is 102 Å². The lowest BCUT2D eigenvalue weighted by Gasteiger charge is -2.34. The molecule has 0 aliphatic carbocycles. The highest BCUT2D eigenvalue weighted by atomic mass is 16.6. The minimum atomic E-state index is -1.13. The van der Waals surface area contributed by atoms with E-state index < -0.39 is 18.1 Å². The maximum atomic E-state index is 12.7. The second kappa shape index (κ2) is 36.0. The standard InChI is InChI=1S/C45H77NO7/c1-6-8-10-12-14-16-17-18-19-20-21-22-23-24-25-26-28-30-32-34-36-44(48)53-41(39-51-38-37-42(45(49)50)46(3,4)5)40-52-43(47)35-33-31-29-27-15-13-11-9-7-2/h8-11,14-16,18-19,27,41-42H,6-7,12-13,17,20-26,28-40H2,1-5H3/b10-8+,11-9+,16-14+,19-18+,27-15+. The number of likely N-dealkylation sites (N-methyl/N-ethyl adjacent to an activating group) is 1. The summed E-state index contributed by atoms with van der Waals surface area (Å²) in [6.45, 7) is 4.37. The van der Waals surface area contributed by atoms with Crippen LogP contribution in [-0.4, -0.2) is 75.5 Å². The van der Waals surface area contributed by atoms with E-state index >= 15 is 0 Å². The highest BCUT2D eigenvalue weighted by molar-refractivity contribution is 5.70. The minimum Gasteiger partial charge on any atom is -0.544 e. The molecule has 0 saturated heterocycles. The van der Waals surface area contributed by atoms with Crippen LogP contribution in [0.25, 0.3) is 0 Å². The lowest BCUT2D eigenvalue weighted by Crippen LogP contribution is -2.55. The van der Waals surface area contributed by atoms with Gasteiger partial charge < -0.3 is 28.6 Å². The molecule has 53 heavy (non-hydrogen) atoms. The Labute approximate surface area is 324 Å². The van der Waals surface area contributed by atoms with Crippen molar-refractivity contribution >= 4 is 17.9 Å². The third kappa shape index (κ3) is 34.5. The van der Waals surface area contributed by atoms with Crippen molar-refractivity contribution in [3.63, 3.8) is 0 Å². The molecule has 0 rings (SSSR count). The monoisotopic (exact) mass is 744 g/mol. The zero-order valence-corrected chi connectivity index (χ0v) is 34.4. The van der Waals surface area contributed by atoms with Gasteiger partial charge in [0.2, 0.25) is 0 Å². The molecule has 0 spiro atoms. The summed E-state index contributed by atoms with van der Waals surface area (Å²) in [6.07, 6.45) is 42.6. The number of aliphatic carboxylic acids is 1. The van der Waals surface area contributed by atoms with Crippen molar-refractivity contribution < 1.29 is 38.2 Å². The highest BCUT2D eigenvalue weighted by Gasteiger charge is 2.25. The minimum absolute atomic E-state index is 0.0267. The molecule has 0 amide bonds. The molecule has 8 heteroatoms. The van der Waals surface area contributed by atoms with E-state index in [4.69, 9.17) is 14.2 Å². The van der Waals surface area contributed by atoms with Gasteiger partial charge >= 0.3 is 11.9 Å². The van der Waals surface area contributed by atoms with Gasteiger partial charge in [0.15, 0.2) is 6.10 Å². The Kier molecular flexibility index (Phi) is 34.0. The number of ether oxygens (including phenoxy) is 3. The average molecular weight is 744 g/mol. The summed E-state index contributed by atoms with van der Waals surface area (Å²) in [6, 6.07) is -0.731. The smallest absolute Gasteiger partial charge is 0.306 e. The number of esters is 2. The van der Waals surface area contributed by atoms with Crippen LogP contribution in [0.2, 0.25) is 0 Å². The molecular formula is C45H77NO7. The molecule has 2 atom stereocenters. The Hall–Kier alpha value is -2.97. The van der Waals surface area contributed by atoms with Gasteiger partial charge in [0.1, 0.15) is 12.6 Å². The van der Waals surface area contributed by atoms with Gasteiger partial charge in [-0.15, -0.1) is 0 Å². The van der Waals surface area contributed by atoms with Gasteiger partial charge in [0.25, 0.3) is 0 Å². The van der Waals surface area contributed by atoms with Crippen molar-refractivity contribution in [3.05, 3.63) is 60.8 Å². The van der Waals surface area contributed by atoms with E-state index in [-0.39, 0.29) is 42.7 Å². The third-order valence-electron chi connectivity index (χ3n) is 8.90. The molecule has 0 aromatic rings. The zero-order chi connectivity index (χ0) is 39.3. The molecule has 0 radical (unpaired) electrons. The lowest BCUT2D eigenvalue weighted by atomic mass is 10.0. The summed E-state index contributed by atoms with van der Waals surface area (Å²) in [5.74, 6) is -1.79. The fraction of sp³-hybridized carbons (Fsp3) is 0.711. The molecular weight excluding hydrogens is 666 g/mol. The maximum Gasteiger partial charge on any atom is 0.306 e. The number of quaternary nitrogens is 1. The van der Waals surface area contributed by atoms with Crippen molar-refractivity contribution in [3.8, 4) is 0 Å².